The van der Waals surface area contributed by atoms with E-state index < -0.39 is 0 Å². The van der Waals surface area contributed by atoms with Gasteiger partial charge in [-0.25, -0.2) is 0 Å². The van der Waals surface area contributed by atoms with Gasteiger partial charge in [-0.3, -0.25) is 4.79 Å². The predicted molar refractivity (Wildman–Crippen MR) is 116 cm³/mol. The predicted octanol–water partition coefficient (Wildman–Crippen LogP) is 5.96. The highest BCUT2D eigenvalue weighted by molar-refractivity contribution is 9.10. The molecule has 0 atom stereocenters. The Kier molecular flexibility index (Phi) is 5.41. The summed E-state index contributed by atoms with van der Waals surface area (Å²) in [6, 6.07) is 19.0. The first kappa shape index (κ1) is 19.3. The average molecular weight is 451 g/mol. The van der Waals surface area contributed by atoms with Gasteiger partial charge in [-0.2, -0.15) is 0 Å². The van der Waals surface area contributed by atoms with Crippen LogP contribution >= 0.6 is 15.9 Å². The summed E-state index contributed by atoms with van der Waals surface area (Å²) in [5, 5.41) is 0. The molecule has 1 heterocycles. The molecule has 5 heteroatoms. The molecule has 1 aliphatic rings. The number of ketones is 1. The number of carbonyl (C=O) groups is 1. The maximum absolute atomic E-state index is 12.7. The first-order valence-corrected chi connectivity index (χ1v) is 9.93. The van der Waals surface area contributed by atoms with Crippen molar-refractivity contribution >= 4 is 27.8 Å². The molecule has 0 saturated heterocycles. The van der Waals surface area contributed by atoms with E-state index in [1.807, 2.05) is 61.5 Å². The third-order valence-corrected chi connectivity index (χ3v) is 5.29. The SMILES string of the molecule is COc1ccc(/C=C2\Oc3c(ccc(OCc4ccc(Br)cc4)c3C)C2=O)cc1. The Morgan fingerprint density at radius 1 is 1.00 bits per heavy atom. The molecule has 0 bridgehead atoms. The van der Waals surface area contributed by atoms with Crippen LogP contribution < -0.4 is 14.2 Å². The third-order valence-electron chi connectivity index (χ3n) is 4.76. The zero-order valence-electron chi connectivity index (χ0n) is 16.1. The van der Waals surface area contributed by atoms with Gasteiger partial charge in [-0.15, -0.1) is 0 Å². The maximum atomic E-state index is 12.7. The van der Waals surface area contributed by atoms with Gasteiger partial charge in [-0.1, -0.05) is 40.2 Å². The standard InChI is InChI=1S/C24H19BrO4/c1-15-21(28-14-17-3-7-18(25)8-4-17)12-11-20-23(26)22(29-24(15)20)13-16-5-9-19(27-2)10-6-16/h3-13H,14H2,1-2H3/b22-13-. The zero-order chi connectivity index (χ0) is 20.4. The highest BCUT2D eigenvalue weighted by Gasteiger charge is 2.30. The molecule has 146 valence electrons. The molecule has 0 N–H and O–H groups in total. The van der Waals surface area contributed by atoms with Gasteiger partial charge in [0.2, 0.25) is 5.78 Å². The van der Waals surface area contributed by atoms with E-state index >= 15 is 0 Å². The van der Waals surface area contributed by atoms with Crippen molar-refractivity contribution in [2.24, 2.45) is 0 Å². The molecule has 0 spiro atoms. The van der Waals surface area contributed by atoms with Crippen LogP contribution in [0.4, 0.5) is 0 Å². The number of hydrogen-bond donors (Lipinski definition) is 0. The Bertz CT molecular complexity index is 1080. The van der Waals surface area contributed by atoms with E-state index in [0.717, 1.165) is 26.9 Å². The van der Waals surface area contributed by atoms with Crippen LogP contribution in [0.25, 0.3) is 6.08 Å². The highest BCUT2D eigenvalue weighted by atomic mass is 79.9. The molecular weight excluding hydrogens is 432 g/mol. The van der Waals surface area contributed by atoms with E-state index in [1.165, 1.54) is 0 Å². The second-order valence-electron chi connectivity index (χ2n) is 6.69. The first-order valence-electron chi connectivity index (χ1n) is 9.14. The van der Waals surface area contributed by atoms with Crippen molar-refractivity contribution in [1.82, 2.24) is 0 Å². The van der Waals surface area contributed by atoms with Crippen molar-refractivity contribution in [1.29, 1.82) is 0 Å². The lowest BCUT2D eigenvalue weighted by atomic mass is 10.1. The summed E-state index contributed by atoms with van der Waals surface area (Å²) in [6.07, 6.45) is 1.74. The summed E-state index contributed by atoms with van der Waals surface area (Å²) in [4.78, 5) is 12.7. The molecule has 0 amide bonds. The number of hydrogen-bond acceptors (Lipinski definition) is 4. The Balaban J connectivity index is 1.54. The van der Waals surface area contributed by atoms with Crippen molar-refractivity contribution < 1.29 is 19.0 Å². The van der Waals surface area contributed by atoms with E-state index in [2.05, 4.69) is 15.9 Å². The van der Waals surface area contributed by atoms with Gasteiger partial charge in [0, 0.05) is 10.0 Å². The number of allylic oxidation sites excluding steroid dienone is 1. The van der Waals surface area contributed by atoms with Gasteiger partial charge in [0.15, 0.2) is 5.76 Å². The van der Waals surface area contributed by atoms with Gasteiger partial charge >= 0.3 is 0 Å². The quantitative estimate of drug-likeness (QED) is 0.449. The largest absolute Gasteiger partial charge is 0.497 e. The number of methoxy groups -OCH3 is 1. The Hall–Kier alpha value is -3.05. The molecular formula is C24H19BrO4. The number of fused-ring (bicyclic) bond motifs is 1. The molecule has 29 heavy (non-hydrogen) atoms. The minimum atomic E-state index is -0.127. The molecule has 0 fully saturated rings. The third kappa shape index (κ3) is 4.05. The molecule has 4 nitrogen and oxygen atoms in total. The molecule has 3 aromatic rings. The normalized spacial score (nSPS) is 13.9. The van der Waals surface area contributed by atoms with Crippen LogP contribution in [0, 0.1) is 6.92 Å². The van der Waals surface area contributed by atoms with E-state index in [4.69, 9.17) is 14.2 Å². The van der Waals surface area contributed by atoms with Crippen LogP contribution in [0.3, 0.4) is 0 Å². The number of halogens is 1. The van der Waals surface area contributed by atoms with E-state index in [0.29, 0.717) is 29.4 Å². The molecule has 0 radical (unpaired) electrons. The zero-order valence-corrected chi connectivity index (χ0v) is 17.7. The number of carbonyl (C=O) groups excluding carboxylic acids is 1. The van der Waals surface area contributed by atoms with Gasteiger partial charge in [0.05, 0.1) is 12.7 Å². The van der Waals surface area contributed by atoms with E-state index in [9.17, 15) is 4.79 Å². The molecule has 0 aromatic heterocycles. The number of Topliss-reactive ketones (excluding diaryl/α,β-unsaturated/α-hetero) is 1. The number of rotatable bonds is 5. The minimum Gasteiger partial charge on any atom is -0.497 e. The Morgan fingerprint density at radius 2 is 1.72 bits per heavy atom. The van der Waals surface area contributed by atoms with Crippen molar-refractivity contribution in [3.63, 3.8) is 0 Å². The van der Waals surface area contributed by atoms with Crippen molar-refractivity contribution in [3.8, 4) is 17.2 Å². The van der Waals surface area contributed by atoms with Crippen LogP contribution in [-0.2, 0) is 6.61 Å². The van der Waals surface area contributed by atoms with Crippen LogP contribution in [0.15, 0.2) is 70.9 Å². The number of benzene rings is 3. The molecule has 0 aliphatic carbocycles. The molecule has 4 rings (SSSR count). The second kappa shape index (κ2) is 8.13. The summed E-state index contributed by atoms with van der Waals surface area (Å²) in [5.74, 6) is 2.20. The highest BCUT2D eigenvalue weighted by Crippen LogP contribution is 2.39. The monoisotopic (exact) mass is 450 g/mol. The first-order chi connectivity index (χ1) is 14.0. The maximum Gasteiger partial charge on any atom is 0.231 e. The Morgan fingerprint density at radius 3 is 2.41 bits per heavy atom. The lowest BCUT2D eigenvalue weighted by Gasteiger charge is -2.11. The van der Waals surface area contributed by atoms with Gasteiger partial charge in [0.25, 0.3) is 0 Å². The van der Waals surface area contributed by atoms with Gasteiger partial charge in [0.1, 0.15) is 23.9 Å². The fraction of sp³-hybridized carbons (Fsp3) is 0.125. The van der Waals surface area contributed by atoms with E-state index in [-0.39, 0.29) is 5.78 Å². The molecule has 0 saturated carbocycles. The second-order valence-corrected chi connectivity index (χ2v) is 7.61. The summed E-state index contributed by atoms with van der Waals surface area (Å²) < 4.78 is 18.1. The van der Waals surface area contributed by atoms with Crippen LogP contribution in [-0.4, -0.2) is 12.9 Å². The van der Waals surface area contributed by atoms with E-state index in [1.54, 1.807) is 19.3 Å². The van der Waals surface area contributed by atoms with Crippen LogP contribution in [0.2, 0.25) is 0 Å². The lowest BCUT2D eigenvalue weighted by Crippen LogP contribution is -1.98. The summed E-state index contributed by atoms with van der Waals surface area (Å²) in [6.45, 7) is 2.34. The topological polar surface area (TPSA) is 44.8 Å². The van der Waals surface area contributed by atoms with Crippen molar-refractivity contribution in [2.45, 2.75) is 13.5 Å². The summed E-state index contributed by atoms with van der Waals surface area (Å²) in [7, 11) is 1.62. The number of ether oxygens (including phenoxy) is 3. The van der Waals surface area contributed by atoms with Crippen LogP contribution in [0.1, 0.15) is 27.0 Å². The summed E-state index contributed by atoms with van der Waals surface area (Å²) >= 11 is 3.43. The summed E-state index contributed by atoms with van der Waals surface area (Å²) in [5.41, 5.74) is 3.29. The molecule has 3 aromatic carbocycles. The fourth-order valence-corrected chi connectivity index (χ4v) is 3.38. The fourth-order valence-electron chi connectivity index (χ4n) is 3.12. The van der Waals surface area contributed by atoms with Gasteiger partial charge in [-0.05, 0) is 60.5 Å². The van der Waals surface area contributed by atoms with Crippen molar-refractivity contribution in [3.05, 3.63) is 93.1 Å². The molecule has 1 aliphatic heterocycles. The molecule has 0 unspecified atom stereocenters. The minimum absolute atomic E-state index is 0.127. The van der Waals surface area contributed by atoms with Crippen molar-refractivity contribution in [2.75, 3.05) is 7.11 Å². The lowest BCUT2D eigenvalue weighted by molar-refractivity contribution is 0.101. The van der Waals surface area contributed by atoms with Crippen LogP contribution in [0.5, 0.6) is 17.2 Å². The average Bonchev–Trinajstić information content (AvgIpc) is 3.06. The van der Waals surface area contributed by atoms with Gasteiger partial charge < -0.3 is 14.2 Å². The Labute approximate surface area is 177 Å². The smallest absolute Gasteiger partial charge is 0.231 e.